The van der Waals surface area contributed by atoms with Crippen LogP contribution in [0.3, 0.4) is 0 Å². The van der Waals surface area contributed by atoms with E-state index in [4.69, 9.17) is 4.74 Å². The van der Waals surface area contributed by atoms with Crippen LogP contribution in [-0.4, -0.2) is 41.8 Å². The van der Waals surface area contributed by atoms with Gasteiger partial charge in [0.2, 0.25) is 0 Å². The van der Waals surface area contributed by atoms with Crippen LogP contribution in [0.4, 0.5) is 4.39 Å². The SMILES string of the molecule is CC1CN(Cc2c(C(=O)O)sc3cccc(F)c23)CCO1. The first-order valence-electron chi connectivity index (χ1n) is 6.83. The van der Waals surface area contributed by atoms with Crippen LogP contribution < -0.4 is 0 Å². The van der Waals surface area contributed by atoms with E-state index in [9.17, 15) is 14.3 Å². The molecular weight excluding hydrogens is 293 g/mol. The van der Waals surface area contributed by atoms with Crippen molar-refractivity contribution in [3.05, 3.63) is 34.5 Å². The molecule has 0 amide bonds. The van der Waals surface area contributed by atoms with Crippen LogP contribution in [-0.2, 0) is 11.3 Å². The average Bonchev–Trinajstić information content (AvgIpc) is 2.79. The number of benzene rings is 1. The first-order chi connectivity index (χ1) is 10.1. The van der Waals surface area contributed by atoms with Crippen molar-refractivity contribution in [3.8, 4) is 0 Å². The number of morpholine rings is 1. The molecule has 1 aliphatic heterocycles. The van der Waals surface area contributed by atoms with Crippen LogP contribution in [0.25, 0.3) is 10.1 Å². The molecule has 1 fully saturated rings. The van der Waals surface area contributed by atoms with Crippen molar-refractivity contribution in [2.75, 3.05) is 19.7 Å². The molecule has 1 aliphatic rings. The Morgan fingerprint density at radius 3 is 3.10 bits per heavy atom. The van der Waals surface area contributed by atoms with Crippen LogP contribution in [0.1, 0.15) is 22.2 Å². The van der Waals surface area contributed by atoms with E-state index in [1.54, 1.807) is 12.1 Å². The van der Waals surface area contributed by atoms with Gasteiger partial charge in [-0.3, -0.25) is 4.90 Å². The molecule has 1 N–H and O–H groups in total. The summed E-state index contributed by atoms with van der Waals surface area (Å²) in [6.45, 7) is 4.50. The minimum atomic E-state index is -0.994. The average molecular weight is 309 g/mol. The fourth-order valence-electron chi connectivity index (χ4n) is 2.75. The summed E-state index contributed by atoms with van der Waals surface area (Å²) >= 11 is 1.14. The van der Waals surface area contributed by atoms with Gasteiger partial charge in [0.05, 0.1) is 12.7 Å². The zero-order valence-electron chi connectivity index (χ0n) is 11.6. The summed E-state index contributed by atoms with van der Waals surface area (Å²) in [5.74, 6) is -1.35. The zero-order chi connectivity index (χ0) is 15.0. The molecule has 1 saturated heterocycles. The lowest BCUT2D eigenvalue weighted by atomic mass is 10.1. The maximum atomic E-state index is 14.1. The van der Waals surface area contributed by atoms with Crippen molar-refractivity contribution >= 4 is 27.4 Å². The number of carbonyl (C=O) groups is 1. The summed E-state index contributed by atoms with van der Waals surface area (Å²) < 4.78 is 20.3. The third-order valence-electron chi connectivity index (χ3n) is 3.66. The molecule has 0 bridgehead atoms. The topological polar surface area (TPSA) is 49.8 Å². The van der Waals surface area contributed by atoms with Crippen molar-refractivity contribution in [1.29, 1.82) is 0 Å². The summed E-state index contributed by atoms with van der Waals surface area (Å²) in [5.41, 5.74) is 0.578. The monoisotopic (exact) mass is 309 g/mol. The number of halogens is 1. The van der Waals surface area contributed by atoms with E-state index in [0.717, 1.165) is 24.4 Å². The van der Waals surface area contributed by atoms with Gasteiger partial charge in [-0.25, -0.2) is 9.18 Å². The molecule has 0 spiro atoms. The number of carboxylic acids is 1. The smallest absolute Gasteiger partial charge is 0.346 e. The van der Waals surface area contributed by atoms with E-state index >= 15 is 0 Å². The number of fused-ring (bicyclic) bond motifs is 1. The summed E-state index contributed by atoms with van der Waals surface area (Å²) in [7, 11) is 0. The Morgan fingerprint density at radius 1 is 1.57 bits per heavy atom. The number of aromatic carboxylic acids is 1. The van der Waals surface area contributed by atoms with Crippen LogP contribution in [0.15, 0.2) is 18.2 Å². The molecule has 0 saturated carbocycles. The fraction of sp³-hybridized carbons (Fsp3) is 0.400. The fourth-order valence-corrected chi connectivity index (χ4v) is 3.82. The lowest BCUT2D eigenvalue weighted by molar-refractivity contribution is -0.0211. The third-order valence-corrected chi connectivity index (χ3v) is 4.85. The maximum absolute atomic E-state index is 14.1. The highest BCUT2D eigenvalue weighted by Crippen LogP contribution is 2.34. The van der Waals surface area contributed by atoms with Crippen molar-refractivity contribution < 1.29 is 19.0 Å². The van der Waals surface area contributed by atoms with Crippen molar-refractivity contribution in [3.63, 3.8) is 0 Å². The second kappa shape index (κ2) is 5.71. The minimum Gasteiger partial charge on any atom is -0.477 e. The van der Waals surface area contributed by atoms with Gasteiger partial charge in [0, 0.05) is 35.3 Å². The molecule has 6 heteroatoms. The molecule has 21 heavy (non-hydrogen) atoms. The predicted molar refractivity (Wildman–Crippen MR) is 79.4 cm³/mol. The summed E-state index contributed by atoms with van der Waals surface area (Å²) in [5, 5.41) is 9.83. The molecule has 0 radical (unpaired) electrons. The van der Waals surface area contributed by atoms with E-state index in [2.05, 4.69) is 4.90 Å². The normalized spacial score (nSPS) is 20.0. The number of rotatable bonds is 3. The van der Waals surface area contributed by atoms with Gasteiger partial charge in [0.1, 0.15) is 10.7 Å². The quantitative estimate of drug-likeness (QED) is 0.947. The van der Waals surface area contributed by atoms with Crippen LogP contribution in [0, 0.1) is 5.82 Å². The number of carboxylic acid groups (broad SMARTS) is 1. The van der Waals surface area contributed by atoms with Crippen LogP contribution >= 0.6 is 11.3 Å². The van der Waals surface area contributed by atoms with E-state index in [0.29, 0.717) is 28.8 Å². The number of nitrogens with zero attached hydrogens (tertiary/aromatic N) is 1. The summed E-state index contributed by atoms with van der Waals surface area (Å²) in [6, 6.07) is 4.76. The number of ether oxygens (including phenoxy) is 1. The molecule has 1 aromatic carbocycles. The van der Waals surface area contributed by atoms with Gasteiger partial charge < -0.3 is 9.84 Å². The first-order valence-corrected chi connectivity index (χ1v) is 7.65. The number of hydrogen-bond acceptors (Lipinski definition) is 4. The Kier molecular flexibility index (Phi) is 3.93. The van der Waals surface area contributed by atoms with Gasteiger partial charge in [-0.1, -0.05) is 6.07 Å². The second-order valence-corrected chi connectivity index (χ2v) is 6.30. The Morgan fingerprint density at radius 2 is 2.38 bits per heavy atom. The highest BCUT2D eigenvalue weighted by molar-refractivity contribution is 7.21. The minimum absolute atomic E-state index is 0.113. The van der Waals surface area contributed by atoms with Gasteiger partial charge in [-0.2, -0.15) is 0 Å². The lowest BCUT2D eigenvalue weighted by Gasteiger charge is -2.31. The molecular formula is C15H16FNO3S. The molecule has 1 atom stereocenters. The van der Waals surface area contributed by atoms with E-state index in [1.807, 2.05) is 6.92 Å². The van der Waals surface area contributed by atoms with Gasteiger partial charge in [-0.15, -0.1) is 11.3 Å². The van der Waals surface area contributed by atoms with Gasteiger partial charge in [-0.05, 0) is 19.1 Å². The Bertz CT molecular complexity index is 685. The third kappa shape index (κ3) is 2.79. The second-order valence-electron chi connectivity index (χ2n) is 5.24. The Hall–Kier alpha value is -1.50. The summed E-state index contributed by atoms with van der Waals surface area (Å²) in [4.78, 5) is 13.8. The highest BCUT2D eigenvalue weighted by atomic mass is 32.1. The number of hydrogen-bond donors (Lipinski definition) is 1. The Labute approximate surface area is 125 Å². The van der Waals surface area contributed by atoms with E-state index in [-0.39, 0.29) is 16.8 Å². The molecule has 1 aromatic heterocycles. The first kappa shape index (κ1) is 14.4. The molecule has 2 heterocycles. The van der Waals surface area contributed by atoms with Crippen molar-refractivity contribution in [2.45, 2.75) is 19.6 Å². The van der Waals surface area contributed by atoms with Crippen molar-refractivity contribution in [1.82, 2.24) is 4.90 Å². The predicted octanol–water partition coefficient (Wildman–Crippen LogP) is 2.96. The standard InChI is InChI=1S/C15H16FNO3S/c1-9-7-17(5-6-20-9)8-10-13-11(16)3-2-4-12(13)21-14(10)15(18)19/h2-4,9H,5-8H2,1H3,(H,18,19). The Balaban J connectivity index is 2.02. The van der Waals surface area contributed by atoms with Crippen LogP contribution in [0.5, 0.6) is 0 Å². The molecule has 0 aliphatic carbocycles. The largest absolute Gasteiger partial charge is 0.477 e. The number of thiophene rings is 1. The van der Waals surface area contributed by atoms with Gasteiger partial charge in [0.15, 0.2) is 0 Å². The van der Waals surface area contributed by atoms with E-state index < -0.39 is 5.97 Å². The highest BCUT2D eigenvalue weighted by Gasteiger charge is 2.24. The van der Waals surface area contributed by atoms with E-state index in [1.165, 1.54) is 6.07 Å². The molecule has 3 rings (SSSR count). The van der Waals surface area contributed by atoms with Gasteiger partial charge in [0.25, 0.3) is 0 Å². The summed E-state index contributed by atoms with van der Waals surface area (Å²) in [6.07, 6.45) is 0.113. The molecule has 4 nitrogen and oxygen atoms in total. The molecule has 2 aromatic rings. The van der Waals surface area contributed by atoms with Gasteiger partial charge >= 0.3 is 5.97 Å². The molecule has 1 unspecified atom stereocenters. The zero-order valence-corrected chi connectivity index (χ0v) is 12.5. The van der Waals surface area contributed by atoms with Crippen molar-refractivity contribution in [2.24, 2.45) is 0 Å². The van der Waals surface area contributed by atoms with Crippen LogP contribution in [0.2, 0.25) is 0 Å². The lowest BCUT2D eigenvalue weighted by Crippen LogP contribution is -2.40. The molecule has 112 valence electrons. The maximum Gasteiger partial charge on any atom is 0.346 e.